The minimum absolute atomic E-state index is 0.211. The molecule has 7 heteroatoms. The van der Waals surface area contributed by atoms with E-state index in [0.717, 1.165) is 22.7 Å². The van der Waals surface area contributed by atoms with Crippen molar-refractivity contribution in [3.05, 3.63) is 21.3 Å². The number of thiophene rings is 1. The van der Waals surface area contributed by atoms with Crippen molar-refractivity contribution in [3.8, 4) is 0 Å². The fourth-order valence-electron chi connectivity index (χ4n) is 2.39. The highest BCUT2D eigenvalue weighted by Crippen LogP contribution is 2.25. The van der Waals surface area contributed by atoms with Crippen LogP contribution < -0.4 is 5.32 Å². The summed E-state index contributed by atoms with van der Waals surface area (Å²) < 4.78 is 41.3. The lowest BCUT2D eigenvalue weighted by Gasteiger charge is -2.30. The van der Waals surface area contributed by atoms with Gasteiger partial charge in [-0.25, -0.2) is 0 Å². The fourth-order valence-corrected chi connectivity index (χ4v) is 3.41. The minimum atomic E-state index is -4.24. The molecule has 1 aromatic rings. The Bertz CT molecular complexity index is 424. The van der Waals surface area contributed by atoms with Gasteiger partial charge in [0, 0.05) is 22.8 Å². The van der Waals surface area contributed by atoms with Crippen LogP contribution in [0.4, 0.5) is 13.2 Å². The van der Waals surface area contributed by atoms with Gasteiger partial charge >= 0.3 is 6.18 Å². The van der Waals surface area contributed by atoms with Gasteiger partial charge in [0.1, 0.15) is 6.61 Å². The lowest BCUT2D eigenvalue weighted by Crippen LogP contribution is -2.37. The van der Waals surface area contributed by atoms with Gasteiger partial charge in [-0.3, -0.25) is 0 Å². The van der Waals surface area contributed by atoms with Gasteiger partial charge in [0.2, 0.25) is 0 Å². The van der Waals surface area contributed by atoms with Crippen LogP contribution >= 0.6 is 22.9 Å². The van der Waals surface area contributed by atoms with E-state index in [0.29, 0.717) is 19.4 Å². The summed E-state index contributed by atoms with van der Waals surface area (Å²) >= 11 is 7.42. The molecule has 2 atom stereocenters. The third-order valence-electron chi connectivity index (χ3n) is 3.30. The summed E-state index contributed by atoms with van der Waals surface area (Å²) in [7, 11) is 0. The number of alkyl halides is 3. The van der Waals surface area contributed by atoms with Gasteiger partial charge in [-0.2, -0.15) is 13.2 Å². The van der Waals surface area contributed by atoms with Crippen molar-refractivity contribution in [2.24, 2.45) is 0 Å². The van der Waals surface area contributed by atoms with E-state index in [1.165, 1.54) is 0 Å². The molecule has 20 heavy (non-hydrogen) atoms. The second-order valence-corrected chi connectivity index (χ2v) is 6.46. The predicted molar refractivity (Wildman–Crippen MR) is 74.2 cm³/mol. The Kier molecular flexibility index (Phi) is 5.72. The van der Waals surface area contributed by atoms with E-state index in [1.54, 1.807) is 11.3 Å². The first-order valence-electron chi connectivity index (χ1n) is 6.57. The fraction of sp³-hybridized carbons (Fsp3) is 0.692. The van der Waals surface area contributed by atoms with E-state index in [4.69, 9.17) is 16.3 Å². The molecular formula is C13H17ClF3NOS. The van der Waals surface area contributed by atoms with Crippen molar-refractivity contribution >= 4 is 22.9 Å². The average Bonchev–Trinajstić information content (AvgIpc) is 2.80. The van der Waals surface area contributed by atoms with Gasteiger partial charge in [0.25, 0.3) is 0 Å². The Hall–Kier alpha value is -0.300. The molecule has 0 amide bonds. The van der Waals surface area contributed by atoms with Gasteiger partial charge in [0.05, 0.1) is 11.1 Å². The highest BCUT2D eigenvalue weighted by molar-refractivity contribution is 7.10. The third-order valence-corrected chi connectivity index (χ3v) is 4.58. The molecule has 0 saturated heterocycles. The van der Waals surface area contributed by atoms with Crippen LogP contribution in [0.1, 0.15) is 30.6 Å². The highest BCUT2D eigenvalue weighted by atomic mass is 35.5. The first-order valence-corrected chi connectivity index (χ1v) is 7.83. The Morgan fingerprint density at radius 1 is 1.40 bits per heavy atom. The molecule has 0 bridgehead atoms. The second-order valence-electron chi connectivity index (χ2n) is 5.02. The molecule has 114 valence electrons. The van der Waals surface area contributed by atoms with E-state index in [-0.39, 0.29) is 12.1 Å². The van der Waals surface area contributed by atoms with Crippen LogP contribution in [0.3, 0.4) is 0 Å². The summed E-state index contributed by atoms with van der Waals surface area (Å²) in [5, 5.41) is 5.96. The number of halogens is 4. The van der Waals surface area contributed by atoms with Crippen LogP contribution in [0.2, 0.25) is 5.02 Å². The second kappa shape index (κ2) is 7.11. The zero-order chi connectivity index (χ0) is 14.6. The molecule has 1 aliphatic carbocycles. The lowest BCUT2D eigenvalue weighted by molar-refractivity contribution is -0.188. The summed E-state index contributed by atoms with van der Waals surface area (Å²) in [6.07, 6.45) is -1.33. The minimum Gasteiger partial charge on any atom is -0.369 e. The molecule has 1 aliphatic rings. The van der Waals surface area contributed by atoms with Crippen LogP contribution in [0, 0.1) is 0 Å². The number of hydrogen-bond acceptors (Lipinski definition) is 3. The smallest absolute Gasteiger partial charge is 0.369 e. The molecule has 2 unspecified atom stereocenters. The van der Waals surface area contributed by atoms with Gasteiger partial charge in [-0.1, -0.05) is 11.6 Å². The Morgan fingerprint density at radius 2 is 2.20 bits per heavy atom. The topological polar surface area (TPSA) is 21.3 Å². The van der Waals surface area contributed by atoms with Crippen molar-refractivity contribution < 1.29 is 17.9 Å². The average molecular weight is 328 g/mol. The van der Waals surface area contributed by atoms with Gasteiger partial charge < -0.3 is 10.1 Å². The summed E-state index contributed by atoms with van der Waals surface area (Å²) in [5.74, 6) is 0. The van der Waals surface area contributed by atoms with E-state index in [2.05, 4.69) is 5.32 Å². The summed E-state index contributed by atoms with van der Waals surface area (Å²) in [5.41, 5.74) is 0. The molecule has 1 heterocycles. The monoisotopic (exact) mass is 327 g/mol. The molecule has 0 radical (unpaired) electrons. The Balaban J connectivity index is 1.73. The molecule has 2 rings (SSSR count). The summed E-state index contributed by atoms with van der Waals surface area (Å²) in [6, 6.07) is 2.11. The van der Waals surface area contributed by atoms with Crippen molar-refractivity contribution in [1.29, 1.82) is 0 Å². The molecule has 0 aromatic carbocycles. The van der Waals surface area contributed by atoms with Crippen molar-refractivity contribution in [2.75, 3.05) is 6.61 Å². The standard InChI is InChI=1S/C13H17ClF3NOS/c14-9-4-12(20-7-9)6-18-10-2-1-3-11(5-10)19-8-13(15,16)17/h4,7,10-11,18H,1-3,5-6,8H2. The molecular weight excluding hydrogens is 311 g/mol. The highest BCUT2D eigenvalue weighted by Gasteiger charge is 2.31. The van der Waals surface area contributed by atoms with Crippen LogP contribution in [0.25, 0.3) is 0 Å². The zero-order valence-electron chi connectivity index (χ0n) is 10.9. The molecule has 1 N–H and O–H groups in total. The van der Waals surface area contributed by atoms with Gasteiger partial charge in [-0.15, -0.1) is 11.3 Å². The Labute approximate surface area is 125 Å². The van der Waals surface area contributed by atoms with E-state index < -0.39 is 12.8 Å². The maximum atomic E-state index is 12.1. The zero-order valence-corrected chi connectivity index (χ0v) is 12.5. The van der Waals surface area contributed by atoms with Crippen LogP contribution in [0.15, 0.2) is 11.4 Å². The number of ether oxygens (including phenoxy) is 1. The lowest BCUT2D eigenvalue weighted by atomic mass is 9.93. The SMILES string of the molecule is FC(F)(F)COC1CCCC(NCc2cc(Cl)cs2)C1. The number of nitrogens with one attached hydrogen (secondary N) is 1. The molecule has 2 nitrogen and oxygen atoms in total. The normalized spacial score (nSPS) is 24.0. The Morgan fingerprint density at radius 3 is 2.85 bits per heavy atom. The van der Waals surface area contributed by atoms with Crippen molar-refractivity contribution in [3.63, 3.8) is 0 Å². The molecule has 1 aromatic heterocycles. The molecule has 1 fully saturated rings. The van der Waals surface area contributed by atoms with Crippen LogP contribution in [0.5, 0.6) is 0 Å². The number of hydrogen-bond donors (Lipinski definition) is 1. The van der Waals surface area contributed by atoms with E-state index in [9.17, 15) is 13.2 Å². The van der Waals surface area contributed by atoms with Crippen molar-refractivity contribution in [1.82, 2.24) is 5.32 Å². The van der Waals surface area contributed by atoms with E-state index in [1.807, 2.05) is 11.4 Å². The summed E-state index contributed by atoms with van der Waals surface area (Å²) in [4.78, 5) is 1.13. The van der Waals surface area contributed by atoms with Crippen LogP contribution in [-0.2, 0) is 11.3 Å². The van der Waals surface area contributed by atoms with Crippen LogP contribution in [-0.4, -0.2) is 24.9 Å². The molecule has 0 spiro atoms. The maximum Gasteiger partial charge on any atom is 0.411 e. The van der Waals surface area contributed by atoms with Crippen molar-refractivity contribution in [2.45, 2.75) is 50.6 Å². The predicted octanol–water partition coefficient (Wildman–Crippen LogP) is 4.38. The molecule has 0 aliphatic heterocycles. The molecule has 1 saturated carbocycles. The van der Waals surface area contributed by atoms with E-state index >= 15 is 0 Å². The van der Waals surface area contributed by atoms with Gasteiger partial charge in [0.15, 0.2) is 0 Å². The quantitative estimate of drug-likeness (QED) is 0.866. The van der Waals surface area contributed by atoms with Gasteiger partial charge in [-0.05, 0) is 31.7 Å². The number of rotatable bonds is 5. The first-order chi connectivity index (χ1) is 9.42. The maximum absolute atomic E-state index is 12.1. The third kappa shape index (κ3) is 5.60. The largest absolute Gasteiger partial charge is 0.411 e. The first kappa shape index (κ1) is 16.1. The summed E-state index contributed by atoms with van der Waals surface area (Å²) in [6.45, 7) is -0.445.